The molecule has 2 nitrogen and oxygen atoms in total. The first-order valence-electron chi connectivity index (χ1n) is 13.2. The average Bonchev–Trinajstić information content (AvgIpc) is 2.94. The average molecular weight is 507 g/mol. The molecule has 0 spiro atoms. The number of nitrogens with zero attached hydrogens (tertiary/aromatic N) is 1. The Labute approximate surface area is 232 Å². The summed E-state index contributed by atoms with van der Waals surface area (Å²) in [7, 11) is 1.92. The molecule has 0 bridgehead atoms. The Balaban J connectivity index is 0.000000322. The molecule has 0 aliphatic heterocycles. The molecule has 3 aromatic carbocycles. The van der Waals surface area contributed by atoms with Crippen LogP contribution >= 0.6 is 0 Å². The van der Waals surface area contributed by atoms with Crippen LogP contribution in [0.2, 0.25) is 0 Å². The number of benzene rings is 3. The maximum absolute atomic E-state index is 4.74. The zero-order chi connectivity index (χ0) is 28.5. The van der Waals surface area contributed by atoms with Crippen LogP contribution in [0.25, 0.3) is 5.57 Å². The van der Waals surface area contributed by atoms with Gasteiger partial charge in [-0.3, -0.25) is 4.99 Å². The fourth-order valence-electron chi connectivity index (χ4n) is 3.30. The number of aliphatic imine (C=N–C) groups is 1. The number of aryl methyl sites for hydroxylation is 3. The highest BCUT2D eigenvalue weighted by molar-refractivity contribution is 6.00. The van der Waals surface area contributed by atoms with Gasteiger partial charge in [0.2, 0.25) is 0 Å². The summed E-state index contributed by atoms with van der Waals surface area (Å²) in [6.45, 7) is 21.9. The lowest BCUT2D eigenvalue weighted by molar-refractivity contribution is 1.14. The smallest absolute Gasteiger partial charge is 0.0664 e. The van der Waals surface area contributed by atoms with Gasteiger partial charge in [-0.05, 0) is 94.0 Å². The summed E-state index contributed by atoms with van der Waals surface area (Å²) in [5, 5.41) is 3.12. The lowest BCUT2D eigenvalue weighted by atomic mass is 10.1. The van der Waals surface area contributed by atoms with E-state index >= 15 is 0 Å². The number of anilines is 1. The van der Waals surface area contributed by atoms with E-state index in [-0.39, 0.29) is 0 Å². The lowest BCUT2D eigenvalue weighted by Crippen LogP contribution is -1.95. The van der Waals surface area contributed by atoms with Crippen molar-refractivity contribution < 1.29 is 0 Å². The molecule has 200 valence electrons. The summed E-state index contributed by atoms with van der Waals surface area (Å²) in [5.74, 6) is 0. The van der Waals surface area contributed by atoms with E-state index in [1.54, 1.807) is 0 Å². The van der Waals surface area contributed by atoms with Crippen molar-refractivity contribution in [1.82, 2.24) is 0 Å². The molecule has 0 aliphatic carbocycles. The highest BCUT2D eigenvalue weighted by Crippen LogP contribution is 2.21. The first-order valence-corrected chi connectivity index (χ1v) is 13.2. The molecule has 0 saturated heterocycles. The second kappa shape index (κ2) is 17.5. The van der Waals surface area contributed by atoms with Crippen LogP contribution in [0.4, 0.5) is 11.4 Å². The number of allylic oxidation sites excluding steroid dienone is 6. The van der Waals surface area contributed by atoms with Crippen LogP contribution in [0.15, 0.2) is 115 Å². The topological polar surface area (TPSA) is 24.4 Å². The van der Waals surface area contributed by atoms with Gasteiger partial charge >= 0.3 is 0 Å². The normalized spacial score (nSPS) is 11.2. The number of nitrogens with one attached hydrogen (secondary N) is 1. The summed E-state index contributed by atoms with van der Waals surface area (Å²) < 4.78 is 0. The molecule has 0 amide bonds. The lowest BCUT2D eigenvalue weighted by Gasteiger charge is -2.06. The predicted molar refractivity (Wildman–Crippen MR) is 173 cm³/mol. The van der Waals surface area contributed by atoms with Crippen LogP contribution in [0.1, 0.15) is 62.4 Å². The van der Waals surface area contributed by atoms with E-state index in [1.165, 1.54) is 27.8 Å². The van der Waals surface area contributed by atoms with Crippen LogP contribution in [0, 0.1) is 13.8 Å². The predicted octanol–water partition coefficient (Wildman–Crippen LogP) is 10.5. The van der Waals surface area contributed by atoms with Crippen LogP contribution in [0.3, 0.4) is 0 Å². The van der Waals surface area contributed by atoms with Gasteiger partial charge in [0.15, 0.2) is 0 Å². The highest BCUT2D eigenvalue weighted by Gasteiger charge is 2.01. The third-order valence-corrected chi connectivity index (χ3v) is 5.97. The summed E-state index contributed by atoms with van der Waals surface area (Å²) in [6.07, 6.45) is 8.95. The van der Waals surface area contributed by atoms with Crippen molar-refractivity contribution in [1.29, 1.82) is 0 Å². The molecule has 0 aromatic heterocycles. The molecule has 0 saturated carbocycles. The monoisotopic (exact) mass is 506 g/mol. The first-order chi connectivity index (χ1) is 18.1. The Morgan fingerprint density at radius 2 is 1.50 bits per heavy atom. The van der Waals surface area contributed by atoms with E-state index in [0.717, 1.165) is 34.6 Å². The SMILES string of the molecule is C=C(C)c1ccc(CC)cc1.C=C/C(C)=C/C=C\C.CNc1ccc(C(C)=Nc2cc(C)ccc2C)cc1. The van der Waals surface area contributed by atoms with E-state index < -0.39 is 0 Å². The quantitative estimate of drug-likeness (QED) is 0.250. The van der Waals surface area contributed by atoms with Crippen LogP contribution < -0.4 is 5.32 Å². The third kappa shape index (κ3) is 11.9. The van der Waals surface area contributed by atoms with Gasteiger partial charge in [0, 0.05) is 18.4 Å². The summed E-state index contributed by atoms with van der Waals surface area (Å²) >= 11 is 0. The Hall–Kier alpha value is -3.91. The highest BCUT2D eigenvalue weighted by atomic mass is 14.8. The molecule has 3 aromatic rings. The zero-order valence-electron chi connectivity index (χ0n) is 24.7. The fourth-order valence-corrected chi connectivity index (χ4v) is 3.30. The second-order valence-corrected chi connectivity index (χ2v) is 9.29. The number of hydrogen-bond donors (Lipinski definition) is 1. The van der Waals surface area contributed by atoms with E-state index in [4.69, 9.17) is 4.99 Å². The summed E-state index contributed by atoms with van der Waals surface area (Å²) in [5.41, 5.74) is 11.8. The Morgan fingerprint density at radius 3 is 2.00 bits per heavy atom. The maximum atomic E-state index is 4.74. The third-order valence-electron chi connectivity index (χ3n) is 5.97. The zero-order valence-corrected chi connectivity index (χ0v) is 24.7. The van der Waals surface area contributed by atoms with Crippen LogP contribution in [-0.2, 0) is 6.42 Å². The number of hydrogen-bond acceptors (Lipinski definition) is 2. The van der Waals surface area contributed by atoms with Crippen molar-refractivity contribution >= 4 is 22.7 Å². The molecule has 3 rings (SSSR count). The molecule has 0 fully saturated rings. The molecular formula is C36H46N2. The number of rotatable bonds is 7. The minimum atomic E-state index is 1.04. The molecular weight excluding hydrogens is 460 g/mol. The molecule has 2 heteroatoms. The molecule has 0 aliphatic rings. The van der Waals surface area contributed by atoms with Gasteiger partial charge in [-0.2, -0.15) is 0 Å². The van der Waals surface area contributed by atoms with Gasteiger partial charge in [0.1, 0.15) is 0 Å². The van der Waals surface area contributed by atoms with Crippen molar-refractivity contribution in [3.8, 4) is 0 Å². The fraction of sp³-hybridized carbons (Fsp3) is 0.250. The second-order valence-electron chi connectivity index (χ2n) is 9.29. The minimum absolute atomic E-state index is 1.04. The Bertz CT molecular complexity index is 1240. The molecule has 0 unspecified atom stereocenters. The van der Waals surface area contributed by atoms with E-state index in [2.05, 4.69) is 113 Å². The van der Waals surface area contributed by atoms with E-state index in [1.807, 2.05) is 52.1 Å². The standard InChI is InChI=1S/C17H20N2.C11H14.C8H12/c1-12-5-6-13(2)17(11-12)19-14(3)15-7-9-16(18-4)10-8-15;1-4-10-5-7-11(8-6-10)9(2)3;1-4-6-7-8(3)5-2/h5-11,18H,1-4H3;5-8H,2,4H2,1,3H3;4-7H,2H2,1,3H3/b;;6-4-,8-7+. The van der Waals surface area contributed by atoms with Gasteiger partial charge in [0.25, 0.3) is 0 Å². The maximum Gasteiger partial charge on any atom is 0.0664 e. The van der Waals surface area contributed by atoms with Crippen molar-refractivity contribution in [3.05, 3.63) is 138 Å². The van der Waals surface area contributed by atoms with Crippen molar-refractivity contribution in [2.24, 2.45) is 4.99 Å². The van der Waals surface area contributed by atoms with Gasteiger partial charge < -0.3 is 5.32 Å². The molecule has 38 heavy (non-hydrogen) atoms. The molecule has 0 radical (unpaired) electrons. The van der Waals surface area contributed by atoms with E-state index in [0.29, 0.717) is 0 Å². The molecule has 1 N–H and O–H groups in total. The molecule has 0 atom stereocenters. The van der Waals surface area contributed by atoms with E-state index in [9.17, 15) is 0 Å². The largest absolute Gasteiger partial charge is 0.388 e. The summed E-state index contributed by atoms with van der Waals surface area (Å²) in [4.78, 5) is 4.74. The van der Waals surface area contributed by atoms with Crippen molar-refractivity contribution in [2.45, 2.75) is 54.9 Å². The van der Waals surface area contributed by atoms with Gasteiger partial charge in [-0.15, -0.1) is 0 Å². The van der Waals surface area contributed by atoms with Crippen LogP contribution in [0.5, 0.6) is 0 Å². The Kier molecular flexibility index (Phi) is 14.8. The first kappa shape index (κ1) is 32.1. The van der Waals surface area contributed by atoms with Crippen molar-refractivity contribution in [3.63, 3.8) is 0 Å². The minimum Gasteiger partial charge on any atom is -0.388 e. The van der Waals surface area contributed by atoms with Gasteiger partial charge in [0.05, 0.1) is 5.69 Å². The van der Waals surface area contributed by atoms with Gasteiger partial charge in [-0.25, -0.2) is 0 Å². The van der Waals surface area contributed by atoms with Gasteiger partial charge in [-0.1, -0.05) is 104 Å². The summed E-state index contributed by atoms with van der Waals surface area (Å²) in [6, 6.07) is 23.2. The van der Waals surface area contributed by atoms with Crippen molar-refractivity contribution in [2.75, 3.05) is 12.4 Å². The Morgan fingerprint density at radius 1 is 0.895 bits per heavy atom. The van der Waals surface area contributed by atoms with Crippen LogP contribution in [-0.4, -0.2) is 12.8 Å². The molecule has 0 heterocycles.